The minimum Gasteiger partial charge on any atom is -0.481 e. The molecule has 0 bridgehead atoms. The fourth-order valence-corrected chi connectivity index (χ4v) is 1.98. The summed E-state index contributed by atoms with van der Waals surface area (Å²) in [6.07, 6.45) is -2.47. The standard InChI is InChI=1S/C12H16N2O11/c13-4(1-3(7(16)17)8(18)19)6(15)12(10(22)23,11(24)25)2-5(14)9(20)21/h3-5H,1-2,13-14H2,(H,16,17)(H,18,19)(H,20,21)(H,22,23)(H,24,25)/t4-,5-/m0/s1. The second kappa shape index (κ2) is 8.16. The lowest BCUT2D eigenvalue weighted by atomic mass is 9.74. The smallest absolute Gasteiger partial charge is 0.328 e. The highest BCUT2D eigenvalue weighted by Crippen LogP contribution is 2.29. The summed E-state index contributed by atoms with van der Waals surface area (Å²) in [6, 6.07) is -4.18. The van der Waals surface area contributed by atoms with Crippen LogP contribution in [0, 0.1) is 11.3 Å². The number of hydrogen-bond donors (Lipinski definition) is 7. The van der Waals surface area contributed by atoms with E-state index in [1.807, 2.05) is 0 Å². The molecular formula is C12H16N2O11. The average molecular weight is 364 g/mol. The summed E-state index contributed by atoms with van der Waals surface area (Å²) in [5, 5.41) is 44.5. The Kier molecular flexibility index (Phi) is 7.16. The lowest BCUT2D eigenvalue weighted by Crippen LogP contribution is -2.57. The highest BCUT2D eigenvalue weighted by Gasteiger charge is 2.57. The summed E-state index contributed by atoms with van der Waals surface area (Å²) in [5.74, 6) is -14.0. The van der Waals surface area contributed by atoms with Gasteiger partial charge >= 0.3 is 29.8 Å². The van der Waals surface area contributed by atoms with Crippen LogP contribution in [0.5, 0.6) is 0 Å². The molecule has 0 rings (SSSR count). The molecule has 2 atom stereocenters. The Hall–Kier alpha value is -3.06. The van der Waals surface area contributed by atoms with Crippen molar-refractivity contribution in [2.24, 2.45) is 22.8 Å². The second-order valence-electron chi connectivity index (χ2n) is 5.10. The highest BCUT2D eigenvalue weighted by atomic mass is 16.4. The van der Waals surface area contributed by atoms with Crippen molar-refractivity contribution in [3.8, 4) is 0 Å². The molecule has 0 fully saturated rings. The number of nitrogens with two attached hydrogens (primary N) is 2. The van der Waals surface area contributed by atoms with Crippen molar-refractivity contribution in [1.82, 2.24) is 0 Å². The number of carbonyl (C=O) groups is 6. The summed E-state index contributed by atoms with van der Waals surface area (Å²) < 4.78 is 0. The summed E-state index contributed by atoms with van der Waals surface area (Å²) in [4.78, 5) is 67.4. The van der Waals surface area contributed by atoms with Crippen LogP contribution in [-0.2, 0) is 28.8 Å². The molecule has 0 unspecified atom stereocenters. The Morgan fingerprint density at radius 2 is 1.12 bits per heavy atom. The second-order valence-corrected chi connectivity index (χ2v) is 5.10. The van der Waals surface area contributed by atoms with E-state index in [0.29, 0.717) is 0 Å². The maximum atomic E-state index is 12.3. The molecule has 0 aromatic heterocycles. The summed E-state index contributed by atoms with van der Waals surface area (Å²) in [7, 11) is 0. The number of ketones is 1. The van der Waals surface area contributed by atoms with Crippen molar-refractivity contribution >= 4 is 35.6 Å². The zero-order chi connectivity index (χ0) is 20.1. The molecule has 0 aliphatic carbocycles. The first-order valence-electron chi connectivity index (χ1n) is 6.49. The first-order valence-corrected chi connectivity index (χ1v) is 6.49. The number of rotatable bonds is 11. The van der Waals surface area contributed by atoms with E-state index < -0.39 is 71.9 Å². The number of carbonyl (C=O) groups excluding carboxylic acids is 1. The van der Waals surface area contributed by atoms with Gasteiger partial charge in [0.25, 0.3) is 0 Å². The monoisotopic (exact) mass is 364 g/mol. The molecule has 0 aliphatic rings. The summed E-state index contributed by atoms with van der Waals surface area (Å²) in [6.45, 7) is 0. The topological polar surface area (TPSA) is 256 Å². The fraction of sp³-hybridized carbons (Fsp3) is 0.500. The molecule has 0 heterocycles. The SMILES string of the molecule is N[C@@H](CC(C(=O)O)(C(=O)O)C(=O)[C@@H](N)CC(C(=O)O)C(=O)O)C(=O)O. The molecular weight excluding hydrogens is 348 g/mol. The molecule has 0 amide bonds. The van der Waals surface area contributed by atoms with Crippen LogP contribution in [0.4, 0.5) is 0 Å². The van der Waals surface area contributed by atoms with Gasteiger partial charge in [-0.1, -0.05) is 0 Å². The van der Waals surface area contributed by atoms with Gasteiger partial charge < -0.3 is 37.0 Å². The molecule has 0 aromatic carbocycles. The average Bonchev–Trinajstić information content (AvgIpc) is 2.47. The number of aliphatic carboxylic acids is 5. The highest BCUT2D eigenvalue weighted by molar-refractivity contribution is 6.21. The van der Waals surface area contributed by atoms with Crippen molar-refractivity contribution in [3.05, 3.63) is 0 Å². The molecule has 0 aromatic rings. The first kappa shape index (κ1) is 21.9. The Labute approximate surface area is 138 Å². The van der Waals surface area contributed by atoms with Crippen molar-refractivity contribution in [1.29, 1.82) is 0 Å². The van der Waals surface area contributed by atoms with Crippen molar-refractivity contribution in [2.75, 3.05) is 0 Å². The Bertz CT molecular complexity index is 586. The van der Waals surface area contributed by atoms with Crippen LogP contribution >= 0.6 is 0 Å². The third kappa shape index (κ3) is 4.71. The fourth-order valence-electron chi connectivity index (χ4n) is 1.98. The number of Topliss-reactive ketones (excluding diaryl/α,β-unsaturated/α-hetero) is 1. The zero-order valence-electron chi connectivity index (χ0n) is 12.5. The van der Waals surface area contributed by atoms with Crippen LogP contribution in [0.1, 0.15) is 12.8 Å². The van der Waals surface area contributed by atoms with E-state index in [2.05, 4.69) is 0 Å². The van der Waals surface area contributed by atoms with Crippen LogP contribution in [0.3, 0.4) is 0 Å². The van der Waals surface area contributed by atoms with E-state index in [9.17, 15) is 28.8 Å². The van der Waals surface area contributed by atoms with Crippen LogP contribution in [-0.4, -0.2) is 73.2 Å². The normalized spacial score (nSPS) is 13.7. The van der Waals surface area contributed by atoms with Crippen molar-refractivity contribution in [3.63, 3.8) is 0 Å². The summed E-state index contributed by atoms with van der Waals surface area (Å²) >= 11 is 0. The van der Waals surface area contributed by atoms with Gasteiger partial charge in [0.05, 0.1) is 6.04 Å². The van der Waals surface area contributed by atoms with Gasteiger partial charge in [-0.25, -0.2) is 0 Å². The zero-order valence-corrected chi connectivity index (χ0v) is 12.5. The van der Waals surface area contributed by atoms with Gasteiger partial charge in [0.1, 0.15) is 6.04 Å². The quantitative estimate of drug-likeness (QED) is 0.181. The van der Waals surface area contributed by atoms with Gasteiger partial charge in [0.2, 0.25) is 5.41 Å². The molecule has 13 heteroatoms. The van der Waals surface area contributed by atoms with Gasteiger partial charge in [-0.2, -0.15) is 0 Å². The van der Waals surface area contributed by atoms with Crippen LogP contribution in [0.15, 0.2) is 0 Å². The Morgan fingerprint density at radius 1 is 0.720 bits per heavy atom. The molecule has 0 saturated carbocycles. The molecule has 0 aliphatic heterocycles. The van der Waals surface area contributed by atoms with Crippen LogP contribution in [0.2, 0.25) is 0 Å². The Balaban J connectivity index is 5.87. The van der Waals surface area contributed by atoms with Crippen molar-refractivity contribution in [2.45, 2.75) is 24.9 Å². The van der Waals surface area contributed by atoms with Gasteiger partial charge in [0, 0.05) is 6.42 Å². The predicted octanol–water partition coefficient (Wildman–Crippen LogP) is -2.98. The van der Waals surface area contributed by atoms with E-state index in [1.54, 1.807) is 0 Å². The van der Waals surface area contributed by atoms with Crippen molar-refractivity contribution < 1.29 is 54.3 Å². The molecule has 0 radical (unpaired) electrons. The maximum Gasteiger partial charge on any atom is 0.328 e. The molecule has 0 spiro atoms. The minimum absolute atomic E-state index is 1.10. The van der Waals surface area contributed by atoms with E-state index in [4.69, 9.17) is 37.0 Å². The van der Waals surface area contributed by atoms with Gasteiger partial charge in [0.15, 0.2) is 11.7 Å². The number of carboxylic acid groups (broad SMARTS) is 5. The lowest BCUT2D eigenvalue weighted by Gasteiger charge is -2.28. The van der Waals surface area contributed by atoms with E-state index in [0.717, 1.165) is 0 Å². The minimum atomic E-state index is -3.38. The number of carboxylic acids is 5. The lowest BCUT2D eigenvalue weighted by molar-refractivity contribution is -0.170. The van der Waals surface area contributed by atoms with Gasteiger partial charge in [-0.15, -0.1) is 0 Å². The Morgan fingerprint density at radius 3 is 1.40 bits per heavy atom. The first-order chi connectivity index (χ1) is 11.3. The maximum absolute atomic E-state index is 12.3. The molecule has 140 valence electrons. The molecule has 9 N–H and O–H groups in total. The molecule has 13 nitrogen and oxygen atoms in total. The largest absolute Gasteiger partial charge is 0.481 e. The van der Waals surface area contributed by atoms with Gasteiger partial charge in [-0.3, -0.25) is 28.8 Å². The molecule has 0 saturated heterocycles. The number of hydrogen-bond acceptors (Lipinski definition) is 8. The third-order valence-corrected chi connectivity index (χ3v) is 3.42. The van der Waals surface area contributed by atoms with Gasteiger partial charge in [-0.05, 0) is 6.42 Å². The molecule has 25 heavy (non-hydrogen) atoms. The van der Waals surface area contributed by atoms with Crippen LogP contribution in [0.25, 0.3) is 0 Å². The third-order valence-electron chi connectivity index (χ3n) is 3.42. The van der Waals surface area contributed by atoms with E-state index >= 15 is 0 Å². The van der Waals surface area contributed by atoms with E-state index in [1.165, 1.54) is 0 Å². The van der Waals surface area contributed by atoms with Crippen LogP contribution < -0.4 is 11.5 Å². The summed E-state index contributed by atoms with van der Waals surface area (Å²) in [5.41, 5.74) is 7.05. The predicted molar refractivity (Wildman–Crippen MR) is 74.3 cm³/mol. The van der Waals surface area contributed by atoms with E-state index in [-0.39, 0.29) is 0 Å².